The van der Waals surface area contributed by atoms with Gasteiger partial charge in [0, 0.05) is 23.5 Å². The van der Waals surface area contributed by atoms with E-state index in [1.807, 2.05) is 105 Å². The van der Waals surface area contributed by atoms with Crippen LogP contribution in [-0.4, -0.2) is 21.7 Å². The first-order chi connectivity index (χ1) is 15.7. The van der Waals surface area contributed by atoms with Gasteiger partial charge in [0.2, 0.25) is 11.8 Å². The van der Waals surface area contributed by atoms with Crippen LogP contribution in [0.1, 0.15) is 37.0 Å². The number of aromatic nitrogens is 1. The Labute approximate surface area is 188 Å². The SMILES string of the molecule is CC.O=C1CC(Cc2ccccc2)(c2c[nH]c3ccccc23)C(=O)N1Cc1ccccc1. The van der Waals surface area contributed by atoms with Crippen molar-refractivity contribution in [1.82, 2.24) is 9.88 Å². The van der Waals surface area contributed by atoms with Crippen LogP contribution in [0.25, 0.3) is 10.9 Å². The third-order valence-corrected chi connectivity index (χ3v) is 6.05. The number of hydrogen-bond acceptors (Lipinski definition) is 2. The summed E-state index contributed by atoms with van der Waals surface area (Å²) in [5.74, 6) is -0.241. The van der Waals surface area contributed by atoms with Gasteiger partial charge in [0.05, 0.1) is 12.0 Å². The smallest absolute Gasteiger partial charge is 0.241 e. The van der Waals surface area contributed by atoms with E-state index in [1.165, 1.54) is 4.90 Å². The molecule has 32 heavy (non-hydrogen) atoms. The maximum atomic E-state index is 13.9. The first-order valence-corrected chi connectivity index (χ1v) is 11.2. The summed E-state index contributed by atoms with van der Waals surface area (Å²) in [5.41, 5.74) is 2.96. The fraction of sp³-hybridized carbons (Fsp3) is 0.214. The van der Waals surface area contributed by atoms with E-state index in [0.717, 1.165) is 27.6 Å². The molecule has 162 valence electrons. The molecule has 4 heteroatoms. The third-order valence-electron chi connectivity index (χ3n) is 6.05. The van der Waals surface area contributed by atoms with Crippen LogP contribution in [0.2, 0.25) is 0 Å². The van der Waals surface area contributed by atoms with Crippen LogP contribution in [-0.2, 0) is 28.0 Å². The summed E-state index contributed by atoms with van der Waals surface area (Å²) in [7, 11) is 0. The number of para-hydroxylation sites is 1. The monoisotopic (exact) mass is 424 g/mol. The molecule has 4 aromatic rings. The lowest BCUT2D eigenvalue weighted by molar-refractivity contribution is -0.140. The minimum absolute atomic E-state index is 0.120. The number of hydrogen-bond donors (Lipinski definition) is 1. The number of imide groups is 1. The second-order valence-electron chi connectivity index (χ2n) is 7.94. The van der Waals surface area contributed by atoms with Crippen molar-refractivity contribution in [3.05, 3.63) is 108 Å². The van der Waals surface area contributed by atoms with Crippen LogP contribution in [0.15, 0.2) is 91.1 Å². The van der Waals surface area contributed by atoms with Crippen molar-refractivity contribution in [2.75, 3.05) is 0 Å². The van der Waals surface area contributed by atoms with Gasteiger partial charge in [0.15, 0.2) is 0 Å². The zero-order valence-electron chi connectivity index (χ0n) is 18.5. The van der Waals surface area contributed by atoms with Crippen molar-refractivity contribution in [1.29, 1.82) is 0 Å². The predicted molar refractivity (Wildman–Crippen MR) is 128 cm³/mol. The Kier molecular flexibility index (Phi) is 6.22. The zero-order valence-corrected chi connectivity index (χ0v) is 18.5. The van der Waals surface area contributed by atoms with Crippen LogP contribution in [0.5, 0.6) is 0 Å². The van der Waals surface area contributed by atoms with Crippen LogP contribution >= 0.6 is 0 Å². The van der Waals surface area contributed by atoms with Gasteiger partial charge in [0.1, 0.15) is 0 Å². The minimum atomic E-state index is -0.910. The van der Waals surface area contributed by atoms with Gasteiger partial charge < -0.3 is 4.98 Å². The van der Waals surface area contributed by atoms with Crippen LogP contribution in [0, 0.1) is 0 Å². The zero-order chi connectivity index (χ0) is 22.6. The Morgan fingerprint density at radius 3 is 2.09 bits per heavy atom. The van der Waals surface area contributed by atoms with E-state index in [9.17, 15) is 9.59 Å². The van der Waals surface area contributed by atoms with E-state index >= 15 is 0 Å². The summed E-state index contributed by atoms with van der Waals surface area (Å²) in [6, 6.07) is 27.6. The molecule has 1 saturated heterocycles. The quantitative estimate of drug-likeness (QED) is 0.422. The standard InChI is InChI=1S/C26H22N2O2.C2H6/c29-24-16-26(15-19-9-3-1-4-10-19,22-17-27-23-14-8-7-13-21(22)23)25(30)28(24)18-20-11-5-2-6-12-20;1-2/h1-14,17,27H,15-16,18H2;1-2H3. The average molecular weight is 425 g/mol. The molecular weight excluding hydrogens is 396 g/mol. The molecular formula is C28H28N2O2. The van der Waals surface area contributed by atoms with E-state index in [1.54, 1.807) is 0 Å². The molecule has 0 aliphatic carbocycles. The highest BCUT2D eigenvalue weighted by atomic mass is 16.2. The number of amides is 2. The normalized spacial score (nSPS) is 18.0. The Morgan fingerprint density at radius 2 is 1.41 bits per heavy atom. The second-order valence-corrected chi connectivity index (χ2v) is 7.94. The number of rotatable bonds is 5. The van der Waals surface area contributed by atoms with E-state index in [0.29, 0.717) is 13.0 Å². The molecule has 0 spiro atoms. The van der Waals surface area contributed by atoms with Gasteiger partial charge in [-0.15, -0.1) is 0 Å². The number of nitrogens with zero attached hydrogens (tertiary/aromatic N) is 1. The van der Waals surface area contributed by atoms with E-state index in [4.69, 9.17) is 0 Å². The van der Waals surface area contributed by atoms with Crippen LogP contribution in [0.4, 0.5) is 0 Å². The lowest BCUT2D eigenvalue weighted by Gasteiger charge is -2.27. The molecule has 1 N–H and O–H groups in total. The Morgan fingerprint density at radius 1 is 0.812 bits per heavy atom. The highest BCUT2D eigenvalue weighted by Crippen LogP contribution is 2.43. The summed E-state index contributed by atoms with van der Waals surface area (Å²) < 4.78 is 0. The highest BCUT2D eigenvalue weighted by Gasteiger charge is 2.53. The summed E-state index contributed by atoms with van der Waals surface area (Å²) in [6.45, 7) is 4.30. The molecule has 1 unspecified atom stereocenters. The van der Waals surface area contributed by atoms with Gasteiger partial charge in [-0.3, -0.25) is 14.5 Å². The number of nitrogens with one attached hydrogen (secondary N) is 1. The van der Waals surface area contributed by atoms with Crippen LogP contribution in [0.3, 0.4) is 0 Å². The lowest BCUT2D eigenvalue weighted by atomic mass is 9.74. The predicted octanol–water partition coefficient (Wildman–Crippen LogP) is 5.63. The van der Waals surface area contributed by atoms with E-state index in [2.05, 4.69) is 4.98 Å². The fourth-order valence-corrected chi connectivity index (χ4v) is 4.58. The molecule has 1 fully saturated rings. The molecule has 1 atom stereocenters. The summed E-state index contributed by atoms with van der Waals surface area (Å²) >= 11 is 0. The van der Waals surface area contributed by atoms with Crippen molar-refractivity contribution in [3.8, 4) is 0 Å². The molecule has 5 rings (SSSR count). The lowest BCUT2D eigenvalue weighted by Crippen LogP contribution is -2.39. The fourth-order valence-electron chi connectivity index (χ4n) is 4.58. The Hall–Kier alpha value is -3.66. The molecule has 0 saturated carbocycles. The summed E-state index contributed by atoms with van der Waals surface area (Å²) in [6.07, 6.45) is 2.58. The number of carbonyl (C=O) groups is 2. The van der Waals surface area contributed by atoms with Crippen molar-refractivity contribution in [2.24, 2.45) is 0 Å². The molecule has 0 bridgehead atoms. The molecule has 1 aliphatic heterocycles. The molecule has 4 nitrogen and oxygen atoms in total. The number of aromatic amines is 1. The average Bonchev–Trinajstić information content (AvgIpc) is 3.37. The van der Waals surface area contributed by atoms with Gasteiger partial charge in [-0.2, -0.15) is 0 Å². The van der Waals surface area contributed by atoms with Gasteiger partial charge in [-0.05, 0) is 29.2 Å². The molecule has 3 aromatic carbocycles. The van der Waals surface area contributed by atoms with Gasteiger partial charge >= 0.3 is 0 Å². The number of likely N-dealkylation sites (tertiary alicyclic amines) is 1. The minimum Gasteiger partial charge on any atom is -0.361 e. The van der Waals surface area contributed by atoms with Crippen molar-refractivity contribution in [2.45, 2.75) is 38.6 Å². The van der Waals surface area contributed by atoms with Gasteiger partial charge in [-0.1, -0.05) is 92.7 Å². The first kappa shape index (κ1) is 21.6. The maximum absolute atomic E-state index is 13.9. The number of carbonyl (C=O) groups excluding carboxylic acids is 2. The molecule has 2 heterocycles. The molecule has 1 aromatic heterocycles. The van der Waals surface area contributed by atoms with Gasteiger partial charge in [0.25, 0.3) is 0 Å². The van der Waals surface area contributed by atoms with Crippen molar-refractivity contribution < 1.29 is 9.59 Å². The summed E-state index contributed by atoms with van der Waals surface area (Å²) in [5, 5.41) is 0.996. The third kappa shape index (κ3) is 3.84. The van der Waals surface area contributed by atoms with E-state index < -0.39 is 5.41 Å². The van der Waals surface area contributed by atoms with E-state index in [-0.39, 0.29) is 18.2 Å². The number of fused-ring (bicyclic) bond motifs is 1. The van der Waals surface area contributed by atoms with Crippen molar-refractivity contribution in [3.63, 3.8) is 0 Å². The van der Waals surface area contributed by atoms with Crippen LogP contribution < -0.4 is 0 Å². The maximum Gasteiger partial charge on any atom is 0.241 e. The van der Waals surface area contributed by atoms with Gasteiger partial charge in [-0.25, -0.2) is 0 Å². The Bertz CT molecular complexity index is 1210. The topological polar surface area (TPSA) is 53.2 Å². The summed E-state index contributed by atoms with van der Waals surface area (Å²) in [4.78, 5) is 31.7. The number of H-pyrrole nitrogens is 1. The Balaban J connectivity index is 0.00000119. The largest absolute Gasteiger partial charge is 0.361 e. The molecule has 1 aliphatic rings. The molecule has 2 amide bonds. The first-order valence-electron chi connectivity index (χ1n) is 11.2. The molecule has 0 radical (unpaired) electrons. The van der Waals surface area contributed by atoms with Crippen molar-refractivity contribution >= 4 is 22.7 Å². The number of benzene rings is 3. The second kappa shape index (κ2) is 9.23. The highest BCUT2D eigenvalue weighted by molar-refractivity contribution is 6.11.